The van der Waals surface area contributed by atoms with E-state index in [9.17, 15) is 4.79 Å². The van der Waals surface area contributed by atoms with E-state index in [0.29, 0.717) is 0 Å². The van der Waals surface area contributed by atoms with Gasteiger partial charge in [-0.1, -0.05) is 0 Å². The maximum Gasteiger partial charge on any atom is 0.151 e. The number of aryl methyl sites for hydroxylation is 1. The lowest BCUT2D eigenvalue weighted by Crippen LogP contribution is -2.26. The number of Topliss-reactive ketones (excluding diaryl/α,β-unsaturated/α-hetero) is 1. The summed E-state index contributed by atoms with van der Waals surface area (Å²) in [6.45, 7) is 3.46. The monoisotopic (exact) mass is 181 g/mol. The molecule has 0 radical (unpaired) electrons. The molecule has 1 atom stereocenters. The van der Waals surface area contributed by atoms with E-state index in [-0.39, 0.29) is 11.8 Å². The number of ketones is 1. The second-order valence-corrected chi connectivity index (χ2v) is 3.41. The molecule has 13 heavy (non-hydrogen) atoms. The van der Waals surface area contributed by atoms with Gasteiger partial charge in [0.1, 0.15) is 5.76 Å². The smallest absolute Gasteiger partial charge is 0.151 e. The predicted molar refractivity (Wildman–Crippen MR) is 50.6 cm³/mol. The third-order valence-corrected chi connectivity index (χ3v) is 2.09. The van der Waals surface area contributed by atoms with Crippen molar-refractivity contribution in [3.8, 4) is 0 Å². The first kappa shape index (κ1) is 9.99. The lowest BCUT2D eigenvalue weighted by Gasteiger charge is -2.20. The summed E-state index contributed by atoms with van der Waals surface area (Å²) in [6, 6.07) is 1.67. The van der Waals surface area contributed by atoms with Crippen LogP contribution in [0.2, 0.25) is 0 Å². The summed E-state index contributed by atoms with van der Waals surface area (Å²) in [5, 5.41) is 0. The fourth-order valence-corrected chi connectivity index (χ4v) is 1.54. The molecular formula is C10H15NO2. The number of likely N-dealkylation sites (N-methyl/N-ethyl adjacent to an activating group) is 1. The van der Waals surface area contributed by atoms with Crippen molar-refractivity contribution in [3.63, 3.8) is 0 Å². The summed E-state index contributed by atoms with van der Waals surface area (Å²) in [4.78, 5) is 13.2. The largest absolute Gasteiger partial charge is 0.469 e. The maximum atomic E-state index is 11.4. The molecule has 3 heteroatoms. The highest BCUT2D eigenvalue weighted by molar-refractivity contribution is 5.83. The van der Waals surface area contributed by atoms with Crippen LogP contribution in [0.5, 0.6) is 0 Å². The first-order valence-electron chi connectivity index (χ1n) is 4.25. The second kappa shape index (κ2) is 3.75. The Morgan fingerprint density at radius 3 is 2.46 bits per heavy atom. The molecule has 1 unspecified atom stereocenters. The highest BCUT2D eigenvalue weighted by Crippen LogP contribution is 2.23. The highest BCUT2D eigenvalue weighted by Gasteiger charge is 2.22. The van der Waals surface area contributed by atoms with Crippen molar-refractivity contribution in [2.75, 3.05) is 14.1 Å². The van der Waals surface area contributed by atoms with Crippen molar-refractivity contribution < 1.29 is 9.21 Å². The molecule has 0 saturated carbocycles. The number of furan rings is 1. The SMILES string of the molecule is CC(=O)C(c1ccoc1C)N(C)C. The highest BCUT2D eigenvalue weighted by atomic mass is 16.3. The standard InChI is InChI=1S/C10H15NO2/c1-7(12)10(11(3)4)9-5-6-13-8(9)2/h5-6,10H,1-4H3. The minimum Gasteiger partial charge on any atom is -0.469 e. The Labute approximate surface area is 78.3 Å². The first-order valence-corrected chi connectivity index (χ1v) is 4.25. The van der Waals surface area contributed by atoms with Crippen LogP contribution >= 0.6 is 0 Å². The molecule has 0 fully saturated rings. The molecule has 0 aliphatic heterocycles. The van der Waals surface area contributed by atoms with Crippen LogP contribution < -0.4 is 0 Å². The van der Waals surface area contributed by atoms with Crippen molar-refractivity contribution in [1.29, 1.82) is 0 Å². The van der Waals surface area contributed by atoms with Gasteiger partial charge < -0.3 is 4.42 Å². The molecule has 0 aliphatic carbocycles. The number of carbonyl (C=O) groups excluding carboxylic acids is 1. The molecule has 0 spiro atoms. The minimum atomic E-state index is -0.182. The fourth-order valence-electron chi connectivity index (χ4n) is 1.54. The van der Waals surface area contributed by atoms with E-state index in [1.54, 1.807) is 13.2 Å². The number of hydrogen-bond acceptors (Lipinski definition) is 3. The van der Waals surface area contributed by atoms with Crippen LogP contribution in [0, 0.1) is 6.92 Å². The third kappa shape index (κ3) is 1.98. The zero-order valence-corrected chi connectivity index (χ0v) is 8.50. The first-order chi connectivity index (χ1) is 6.04. The van der Waals surface area contributed by atoms with E-state index in [2.05, 4.69) is 0 Å². The van der Waals surface area contributed by atoms with E-state index in [0.717, 1.165) is 11.3 Å². The molecule has 0 saturated heterocycles. The predicted octanol–water partition coefficient (Wildman–Crippen LogP) is 1.78. The average Bonchev–Trinajstić information content (AvgIpc) is 2.35. The maximum absolute atomic E-state index is 11.4. The van der Waals surface area contributed by atoms with E-state index < -0.39 is 0 Å². The van der Waals surface area contributed by atoms with Gasteiger partial charge in [0, 0.05) is 5.56 Å². The zero-order valence-electron chi connectivity index (χ0n) is 8.50. The van der Waals surface area contributed by atoms with Crippen LogP contribution in [0.25, 0.3) is 0 Å². The Balaban J connectivity index is 3.02. The summed E-state index contributed by atoms with van der Waals surface area (Å²) in [7, 11) is 3.77. The molecule has 0 bridgehead atoms. The van der Waals surface area contributed by atoms with E-state index in [1.807, 2.05) is 32.0 Å². The Hall–Kier alpha value is -1.09. The van der Waals surface area contributed by atoms with E-state index in [1.165, 1.54) is 0 Å². The van der Waals surface area contributed by atoms with Crippen molar-refractivity contribution in [3.05, 3.63) is 23.7 Å². The number of carbonyl (C=O) groups is 1. The normalized spacial score (nSPS) is 13.3. The lowest BCUT2D eigenvalue weighted by atomic mass is 10.0. The summed E-state index contributed by atoms with van der Waals surface area (Å²) < 4.78 is 5.17. The average molecular weight is 181 g/mol. The van der Waals surface area contributed by atoms with Crippen LogP contribution in [0.1, 0.15) is 24.3 Å². The molecule has 1 heterocycles. The number of hydrogen-bond donors (Lipinski definition) is 0. The van der Waals surface area contributed by atoms with Gasteiger partial charge in [-0.05, 0) is 34.0 Å². The van der Waals surface area contributed by atoms with Gasteiger partial charge in [0.15, 0.2) is 5.78 Å². The van der Waals surface area contributed by atoms with Crippen molar-refractivity contribution in [1.82, 2.24) is 4.90 Å². The number of rotatable bonds is 3. The van der Waals surface area contributed by atoms with Crippen LogP contribution in [-0.4, -0.2) is 24.8 Å². The van der Waals surface area contributed by atoms with Gasteiger partial charge in [0.2, 0.25) is 0 Å². The van der Waals surface area contributed by atoms with Crippen LogP contribution in [0.3, 0.4) is 0 Å². The summed E-state index contributed by atoms with van der Waals surface area (Å²) in [5.41, 5.74) is 0.956. The van der Waals surface area contributed by atoms with Crippen molar-refractivity contribution in [2.24, 2.45) is 0 Å². The van der Waals surface area contributed by atoms with E-state index in [4.69, 9.17) is 4.42 Å². The molecule has 72 valence electrons. The molecule has 1 aromatic rings. The molecule has 0 N–H and O–H groups in total. The molecule has 0 aromatic carbocycles. The number of nitrogens with zero attached hydrogens (tertiary/aromatic N) is 1. The molecule has 1 rings (SSSR count). The fraction of sp³-hybridized carbons (Fsp3) is 0.500. The van der Waals surface area contributed by atoms with Gasteiger partial charge in [0.25, 0.3) is 0 Å². The topological polar surface area (TPSA) is 33.5 Å². The van der Waals surface area contributed by atoms with E-state index >= 15 is 0 Å². The van der Waals surface area contributed by atoms with Crippen LogP contribution in [0.4, 0.5) is 0 Å². The van der Waals surface area contributed by atoms with Gasteiger partial charge in [-0.15, -0.1) is 0 Å². The molecular weight excluding hydrogens is 166 g/mol. The Bertz CT molecular complexity index is 302. The summed E-state index contributed by atoms with van der Waals surface area (Å²) >= 11 is 0. The summed E-state index contributed by atoms with van der Waals surface area (Å²) in [5.74, 6) is 0.948. The van der Waals surface area contributed by atoms with Gasteiger partial charge in [-0.25, -0.2) is 0 Å². The minimum absolute atomic E-state index is 0.134. The van der Waals surface area contributed by atoms with Gasteiger partial charge >= 0.3 is 0 Å². The molecule has 0 aliphatic rings. The quantitative estimate of drug-likeness (QED) is 0.712. The van der Waals surface area contributed by atoms with Crippen molar-refractivity contribution in [2.45, 2.75) is 19.9 Å². The molecule has 0 amide bonds. The van der Waals surface area contributed by atoms with Crippen LogP contribution in [0.15, 0.2) is 16.7 Å². The molecule has 3 nitrogen and oxygen atoms in total. The summed E-state index contributed by atoms with van der Waals surface area (Å²) in [6.07, 6.45) is 1.62. The van der Waals surface area contributed by atoms with Gasteiger partial charge in [-0.2, -0.15) is 0 Å². The van der Waals surface area contributed by atoms with Gasteiger partial charge in [-0.3, -0.25) is 9.69 Å². The van der Waals surface area contributed by atoms with Crippen LogP contribution in [-0.2, 0) is 4.79 Å². The second-order valence-electron chi connectivity index (χ2n) is 3.41. The third-order valence-electron chi connectivity index (χ3n) is 2.09. The lowest BCUT2D eigenvalue weighted by molar-refractivity contribution is -0.121. The molecule has 1 aromatic heterocycles. The Morgan fingerprint density at radius 2 is 2.15 bits per heavy atom. The Kier molecular flexibility index (Phi) is 2.88. The zero-order chi connectivity index (χ0) is 10.0. The van der Waals surface area contributed by atoms with Crippen molar-refractivity contribution >= 4 is 5.78 Å². The van der Waals surface area contributed by atoms with Gasteiger partial charge in [0.05, 0.1) is 12.3 Å². The Morgan fingerprint density at radius 1 is 1.54 bits per heavy atom.